The van der Waals surface area contributed by atoms with Crippen molar-refractivity contribution < 1.29 is 28.5 Å². The number of esters is 1. The highest BCUT2D eigenvalue weighted by molar-refractivity contribution is 5.82. The highest BCUT2D eigenvalue weighted by Gasteiger charge is 2.17. The van der Waals surface area contributed by atoms with Gasteiger partial charge >= 0.3 is 5.97 Å². The summed E-state index contributed by atoms with van der Waals surface area (Å²) >= 11 is 0. The quantitative estimate of drug-likeness (QED) is 0.630. The Balaban J connectivity index is 1.70. The van der Waals surface area contributed by atoms with Crippen molar-refractivity contribution in [2.45, 2.75) is 19.4 Å². The maximum absolute atomic E-state index is 11.9. The predicted octanol–water partition coefficient (Wildman–Crippen LogP) is 2.37. The van der Waals surface area contributed by atoms with E-state index >= 15 is 0 Å². The molecule has 0 aliphatic heterocycles. The summed E-state index contributed by atoms with van der Waals surface area (Å²) in [5.74, 6) is 0.868. The third kappa shape index (κ3) is 6.50. The molecule has 0 aliphatic carbocycles. The molecule has 0 bridgehead atoms. The summed E-state index contributed by atoms with van der Waals surface area (Å²) in [6.45, 7) is 1.62. The molecule has 2 aromatic rings. The van der Waals surface area contributed by atoms with E-state index in [2.05, 4.69) is 5.32 Å². The average molecular weight is 387 g/mol. The van der Waals surface area contributed by atoms with Gasteiger partial charge in [-0.3, -0.25) is 4.79 Å². The van der Waals surface area contributed by atoms with Gasteiger partial charge in [0, 0.05) is 6.54 Å². The number of benzene rings is 2. The minimum absolute atomic E-state index is 0.354. The molecule has 0 aliphatic rings. The van der Waals surface area contributed by atoms with Crippen LogP contribution in [0, 0.1) is 0 Å². The van der Waals surface area contributed by atoms with Crippen LogP contribution in [0.15, 0.2) is 48.5 Å². The molecule has 1 atom stereocenters. The van der Waals surface area contributed by atoms with Crippen molar-refractivity contribution in [2.75, 3.05) is 27.4 Å². The van der Waals surface area contributed by atoms with Crippen LogP contribution < -0.4 is 19.5 Å². The van der Waals surface area contributed by atoms with Crippen LogP contribution in [0.5, 0.6) is 17.2 Å². The Morgan fingerprint density at radius 3 is 2.39 bits per heavy atom. The molecule has 2 rings (SSSR count). The van der Waals surface area contributed by atoms with Crippen LogP contribution in [0.25, 0.3) is 0 Å². The van der Waals surface area contributed by atoms with Crippen LogP contribution in [0.2, 0.25) is 0 Å². The van der Waals surface area contributed by atoms with Gasteiger partial charge in [-0.15, -0.1) is 0 Å². The van der Waals surface area contributed by atoms with Crippen molar-refractivity contribution in [2.24, 2.45) is 0 Å². The second-order valence-electron chi connectivity index (χ2n) is 5.97. The van der Waals surface area contributed by atoms with Crippen LogP contribution in [0.4, 0.5) is 0 Å². The van der Waals surface area contributed by atoms with Crippen molar-refractivity contribution >= 4 is 11.9 Å². The lowest BCUT2D eigenvalue weighted by atomic mass is 10.1. The van der Waals surface area contributed by atoms with Gasteiger partial charge in [-0.05, 0) is 43.2 Å². The number of hydrogen-bond acceptors (Lipinski definition) is 6. The fraction of sp³-hybridized carbons (Fsp3) is 0.333. The minimum atomic E-state index is -0.804. The molecule has 0 radical (unpaired) electrons. The molecular weight excluding hydrogens is 362 g/mol. The van der Waals surface area contributed by atoms with Crippen molar-refractivity contribution in [3.63, 3.8) is 0 Å². The Bertz CT molecular complexity index is 778. The molecule has 7 heteroatoms. The molecule has 0 heterocycles. The number of amides is 1. The number of carbonyl (C=O) groups is 2. The van der Waals surface area contributed by atoms with E-state index in [1.54, 1.807) is 45.4 Å². The van der Waals surface area contributed by atoms with Crippen LogP contribution >= 0.6 is 0 Å². The van der Waals surface area contributed by atoms with Gasteiger partial charge in [-0.2, -0.15) is 0 Å². The van der Waals surface area contributed by atoms with Crippen LogP contribution in [-0.4, -0.2) is 45.4 Å². The van der Waals surface area contributed by atoms with E-state index in [4.69, 9.17) is 18.9 Å². The third-order valence-corrected chi connectivity index (χ3v) is 3.92. The Kier molecular flexibility index (Phi) is 8.14. The molecule has 0 saturated heterocycles. The zero-order chi connectivity index (χ0) is 20.4. The van der Waals surface area contributed by atoms with Gasteiger partial charge < -0.3 is 24.3 Å². The topological polar surface area (TPSA) is 83.1 Å². The van der Waals surface area contributed by atoms with Gasteiger partial charge in [-0.25, -0.2) is 4.79 Å². The maximum Gasteiger partial charge on any atom is 0.347 e. The first-order valence-corrected chi connectivity index (χ1v) is 8.89. The third-order valence-electron chi connectivity index (χ3n) is 3.92. The smallest absolute Gasteiger partial charge is 0.347 e. The summed E-state index contributed by atoms with van der Waals surface area (Å²) in [5, 5.41) is 2.71. The van der Waals surface area contributed by atoms with Gasteiger partial charge in [-0.1, -0.05) is 24.3 Å². The molecular formula is C21H25NO6. The fourth-order valence-electron chi connectivity index (χ4n) is 2.44. The molecule has 2 aromatic carbocycles. The van der Waals surface area contributed by atoms with Gasteiger partial charge in [0.1, 0.15) is 5.75 Å². The van der Waals surface area contributed by atoms with E-state index in [1.807, 2.05) is 24.3 Å². The first-order valence-electron chi connectivity index (χ1n) is 8.89. The average Bonchev–Trinajstić information content (AvgIpc) is 2.72. The monoisotopic (exact) mass is 387 g/mol. The number of ether oxygens (including phenoxy) is 4. The first-order chi connectivity index (χ1) is 13.5. The Labute approximate surface area is 164 Å². The summed E-state index contributed by atoms with van der Waals surface area (Å²) in [6, 6.07) is 14.5. The molecule has 0 unspecified atom stereocenters. The van der Waals surface area contributed by atoms with Crippen LogP contribution in [0.1, 0.15) is 12.5 Å². The lowest BCUT2D eigenvalue weighted by Crippen LogP contribution is -2.33. The van der Waals surface area contributed by atoms with Gasteiger partial charge in [0.15, 0.2) is 24.2 Å². The normalized spacial score (nSPS) is 11.2. The molecule has 1 amide bonds. The SMILES string of the molecule is COc1ccc(CCNC(=O)COC(=O)[C@H](C)Oc2ccccc2)cc1OC. The summed E-state index contributed by atoms with van der Waals surface area (Å²) < 4.78 is 20.9. The van der Waals surface area contributed by atoms with E-state index in [0.717, 1.165) is 5.56 Å². The Morgan fingerprint density at radius 2 is 1.71 bits per heavy atom. The molecule has 150 valence electrons. The number of hydrogen-bond donors (Lipinski definition) is 1. The molecule has 0 saturated carbocycles. The van der Waals surface area contributed by atoms with E-state index in [9.17, 15) is 9.59 Å². The standard InChI is InChI=1S/C21H25NO6/c1-15(28-17-7-5-4-6-8-17)21(24)27-14-20(23)22-12-11-16-9-10-18(25-2)19(13-16)26-3/h4-10,13,15H,11-12,14H2,1-3H3,(H,22,23)/t15-/m0/s1. The van der Waals surface area contributed by atoms with Crippen molar-refractivity contribution in [1.29, 1.82) is 0 Å². The maximum atomic E-state index is 11.9. The molecule has 7 nitrogen and oxygen atoms in total. The summed E-state index contributed by atoms with van der Waals surface area (Å²) in [4.78, 5) is 23.8. The predicted molar refractivity (Wildman–Crippen MR) is 104 cm³/mol. The van der Waals surface area contributed by atoms with E-state index in [-0.39, 0.29) is 12.5 Å². The number of rotatable bonds is 10. The largest absolute Gasteiger partial charge is 0.493 e. The molecule has 0 aromatic heterocycles. The second kappa shape index (κ2) is 10.8. The van der Waals surface area contributed by atoms with Gasteiger partial charge in [0.25, 0.3) is 5.91 Å². The summed E-state index contributed by atoms with van der Waals surface area (Å²) in [5.41, 5.74) is 0.986. The van der Waals surface area contributed by atoms with Gasteiger partial charge in [0.2, 0.25) is 0 Å². The lowest BCUT2D eigenvalue weighted by Gasteiger charge is -2.14. The van der Waals surface area contributed by atoms with Gasteiger partial charge in [0.05, 0.1) is 14.2 Å². The highest BCUT2D eigenvalue weighted by Crippen LogP contribution is 2.27. The molecule has 28 heavy (non-hydrogen) atoms. The highest BCUT2D eigenvalue weighted by atomic mass is 16.6. The summed E-state index contributed by atoms with van der Waals surface area (Å²) in [6.07, 6.45) is -0.199. The van der Waals surface area contributed by atoms with Crippen molar-refractivity contribution in [1.82, 2.24) is 5.32 Å². The Morgan fingerprint density at radius 1 is 1.00 bits per heavy atom. The second-order valence-corrected chi connectivity index (χ2v) is 5.97. The molecule has 0 spiro atoms. The Hall–Kier alpha value is -3.22. The van der Waals surface area contributed by atoms with Crippen molar-refractivity contribution in [3.8, 4) is 17.2 Å². The number of carbonyl (C=O) groups excluding carboxylic acids is 2. The molecule has 0 fully saturated rings. The van der Waals surface area contributed by atoms with E-state index < -0.39 is 12.1 Å². The summed E-state index contributed by atoms with van der Waals surface area (Å²) in [7, 11) is 3.14. The van der Waals surface area contributed by atoms with Crippen LogP contribution in [0.3, 0.4) is 0 Å². The van der Waals surface area contributed by atoms with E-state index in [0.29, 0.717) is 30.2 Å². The molecule has 1 N–H and O–H groups in total. The number of para-hydroxylation sites is 1. The van der Waals surface area contributed by atoms with Crippen molar-refractivity contribution in [3.05, 3.63) is 54.1 Å². The number of nitrogens with one attached hydrogen (secondary N) is 1. The zero-order valence-corrected chi connectivity index (χ0v) is 16.3. The lowest BCUT2D eigenvalue weighted by molar-refractivity contribution is -0.154. The fourth-order valence-corrected chi connectivity index (χ4v) is 2.44. The first kappa shape index (κ1) is 21.1. The number of methoxy groups -OCH3 is 2. The van der Waals surface area contributed by atoms with Crippen LogP contribution in [-0.2, 0) is 20.7 Å². The van der Waals surface area contributed by atoms with E-state index in [1.165, 1.54) is 0 Å². The zero-order valence-electron chi connectivity index (χ0n) is 16.3. The minimum Gasteiger partial charge on any atom is -0.493 e.